The molecule has 0 aliphatic carbocycles. The Kier molecular flexibility index (Phi) is 4.80. The third-order valence-electron chi connectivity index (χ3n) is 3.55. The highest BCUT2D eigenvalue weighted by Gasteiger charge is 2.21. The molecular weight excluding hydrogens is 242 g/mol. The zero-order valence-corrected chi connectivity index (χ0v) is 11.3. The molecule has 4 nitrogen and oxygen atoms in total. The minimum atomic E-state index is -0.286. The summed E-state index contributed by atoms with van der Waals surface area (Å²) in [5.41, 5.74) is 1.63. The van der Waals surface area contributed by atoms with Crippen LogP contribution in [0.2, 0.25) is 0 Å². The molecule has 1 aromatic carbocycles. The van der Waals surface area contributed by atoms with E-state index in [0.717, 1.165) is 25.1 Å². The first-order valence-corrected chi connectivity index (χ1v) is 6.91. The summed E-state index contributed by atoms with van der Waals surface area (Å²) in [6.07, 6.45) is 3.34. The SMILES string of the molecule is CCOC(=O)c1ccc(N2CCCCC2CO)cc1. The number of ether oxygens (including phenoxy) is 1. The number of nitrogens with zero attached hydrogens (tertiary/aromatic N) is 1. The van der Waals surface area contributed by atoms with Crippen LogP contribution >= 0.6 is 0 Å². The van der Waals surface area contributed by atoms with Gasteiger partial charge in [0.2, 0.25) is 0 Å². The van der Waals surface area contributed by atoms with Gasteiger partial charge in [-0.1, -0.05) is 0 Å². The fraction of sp³-hybridized carbons (Fsp3) is 0.533. The lowest BCUT2D eigenvalue weighted by Crippen LogP contribution is -2.41. The molecule has 1 aliphatic rings. The lowest BCUT2D eigenvalue weighted by Gasteiger charge is -2.36. The van der Waals surface area contributed by atoms with Crippen LogP contribution in [0, 0.1) is 0 Å². The lowest BCUT2D eigenvalue weighted by atomic mass is 10.0. The van der Waals surface area contributed by atoms with E-state index in [1.807, 2.05) is 12.1 Å². The van der Waals surface area contributed by atoms with Crippen LogP contribution in [0.15, 0.2) is 24.3 Å². The molecule has 0 bridgehead atoms. The quantitative estimate of drug-likeness (QED) is 0.846. The van der Waals surface area contributed by atoms with Crippen LogP contribution in [0.3, 0.4) is 0 Å². The molecular formula is C15H21NO3. The molecule has 0 spiro atoms. The van der Waals surface area contributed by atoms with Crippen LogP contribution in [-0.4, -0.2) is 36.9 Å². The number of piperidine rings is 1. The van der Waals surface area contributed by atoms with Gasteiger partial charge in [0.1, 0.15) is 0 Å². The Bertz CT molecular complexity index is 416. The van der Waals surface area contributed by atoms with E-state index in [9.17, 15) is 9.90 Å². The molecule has 1 atom stereocenters. The first kappa shape index (κ1) is 13.9. The standard InChI is InChI=1S/C15H21NO3/c1-2-19-15(18)12-6-8-13(9-7-12)16-10-4-3-5-14(16)11-17/h6-9,14,17H,2-5,10-11H2,1H3. The molecule has 0 aromatic heterocycles. The molecule has 0 saturated carbocycles. The zero-order valence-electron chi connectivity index (χ0n) is 11.3. The summed E-state index contributed by atoms with van der Waals surface area (Å²) in [5.74, 6) is -0.286. The van der Waals surface area contributed by atoms with E-state index < -0.39 is 0 Å². The fourth-order valence-electron chi connectivity index (χ4n) is 2.53. The van der Waals surface area contributed by atoms with Crippen molar-refractivity contribution in [2.24, 2.45) is 0 Å². The minimum Gasteiger partial charge on any atom is -0.462 e. The Morgan fingerprint density at radius 2 is 2.11 bits per heavy atom. The van der Waals surface area contributed by atoms with Gasteiger partial charge in [0.25, 0.3) is 0 Å². The number of rotatable bonds is 4. The zero-order chi connectivity index (χ0) is 13.7. The Balaban J connectivity index is 2.10. The summed E-state index contributed by atoms with van der Waals surface area (Å²) >= 11 is 0. The second-order valence-electron chi connectivity index (χ2n) is 4.79. The topological polar surface area (TPSA) is 49.8 Å². The number of carbonyl (C=O) groups is 1. The van der Waals surface area contributed by atoms with Crippen LogP contribution in [0.4, 0.5) is 5.69 Å². The van der Waals surface area contributed by atoms with Crippen LogP contribution in [-0.2, 0) is 4.74 Å². The second kappa shape index (κ2) is 6.57. The normalized spacial score (nSPS) is 19.3. The molecule has 2 rings (SSSR count). The Labute approximate surface area is 114 Å². The number of aliphatic hydroxyl groups excluding tert-OH is 1. The summed E-state index contributed by atoms with van der Waals surface area (Å²) in [5, 5.41) is 9.42. The summed E-state index contributed by atoms with van der Waals surface area (Å²) in [7, 11) is 0. The molecule has 1 aliphatic heterocycles. The average Bonchev–Trinajstić information content (AvgIpc) is 2.47. The van der Waals surface area contributed by atoms with Gasteiger partial charge in [-0.25, -0.2) is 4.79 Å². The van der Waals surface area contributed by atoms with Gasteiger partial charge in [-0.15, -0.1) is 0 Å². The van der Waals surface area contributed by atoms with Gasteiger partial charge in [-0.3, -0.25) is 0 Å². The van der Waals surface area contributed by atoms with Crippen LogP contribution in [0.5, 0.6) is 0 Å². The highest BCUT2D eigenvalue weighted by Crippen LogP contribution is 2.25. The Hall–Kier alpha value is -1.55. The third kappa shape index (κ3) is 3.26. The fourth-order valence-corrected chi connectivity index (χ4v) is 2.53. The molecule has 1 fully saturated rings. The van der Waals surface area contributed by atoms with Gasteiger partial charge < -0.3 is 14.7 Å². The van der Waals surface area contributed by atoms with Crippen molar-refractivity contribution in [3.63, 3.8) is 0 Å². The van der Waals surface area contributed by atoms with Crippen molar-refractivity contribution in [3.05, 3.63) is 29.8 Å². The van der Waals surface area contributed by atoms with E-state index >= 15 is 0 Å². The summed E-state index contributed by atoms with van der Waals surface area (Å²) in [6.45, 7) is 3.33. The number of hydrogen-bond acceptors (Lipinski definition) is 4. The maximum Gasteiger partial charge on any atom is 0.338 e. The predicted octanol–water partition coefficient (Wildman–Crippen LogP) is 2.21. The molecule has 1 aromatic rings. The smallest absolute Gasteiger partial charge is 0.338 e. The highest BCUT2D eigenvalue weighted by molar-refractivity contribution is 5.89. The Morgan fingerprint density at radius 3 is 2.74 bits per heavy atom. The maximum atomic E-state index is 11.6. The summed E-state index contributed by atoms with van der Waals surface area (Å²) < 4.78 is 4.96. The second-order valence-corrected chi connectivity index (χ2v) is 4.79. The number of carbonyl (C=O) groups excluding carboxylic acids is 1. The monoisotopic (exact) mass is 263 g/mol. The highest BCUT2D eigenvalue weighted by atomic mass is 16.5. The van der Waals surface area contributed by atoms with Gasteiger partial charge in [0.15, 0.2) is 0 Å². The molecule has 1 N–H and O–H groups in total. The van der Waals surface area contributed by atoms with Gasteiger partial charge in [0.05, 0.1) is 24.8 Å². The van der Waals surface area contributed by atoms with Gasteiger partial charge in [-0.2, -0.15) is 0 Å². The lowest BCUT2D eigenvalue weighted by molar-refractivity contribution is 0.0526. The number of esters is 1. The molecule has 0 radical (unpaired) electrons. The molecule has 1 heterocycles. The molecule has 0 amide bonds. The molecule has 19 heavy (non-hydrogen) atoms. The van der Waals surface area contributed by atoms with Crippen molar-refractivity contribution in [3.8, 4) is 0 Å². The number of benzene rings is 1. The van der Waals surface area contributed by atoms with Gasteiger partial charge in [0, 0.05) is 12.2 Å². The van der Waals surface area contributed by atoms with Crippen molar-refractivity contribution in [2.75, 3.05) is 24.7 Å². The minimum absolute atomic E-state index is 0.180. The third-order valence-corrected chi connectivity index (χ3v) is 3.55. The van der Waals surface area contributed by atoms with Crippen molar-refractivity contribution >= 4 is 11.7 Å². The molecule has 1 saturated heterocycles. The largest absolute Gasteiger partial charge is 0.462 e. The molecule has 1 unspecified atom stereocenters. The van der Waals surface area contributed by atoms with Gasteiger partial charge in [-0.05, 0) is 50.5 Å². The van der Waals surface area contributed by atoms with E-state index in [4.69, 9.17) is 4.74 Å². The van der Waals surface area contributed by atoms with E-state index in [0.29, 0.717) is 12.2 Å². The van der Waals surface area contributed by atoms with E-state index in [2.05, 4.69) is 4.90 Å². The predicted molar refractivity (Wildman–Crippen MR) is 74.5 cm³/mol. The first-order chi connectivity index (χ1) is 9.26. The molecule has 4 heteroatoms. The van der Waals surface area contributed by atoms with Crippen LogP contribution in [0.25, 0.3) is 0 Å². The van der Waals surface area contributed by atoms with Crippen molar-refractivity contribution in [2.45, 2.75) is 32.2 Å². The summed E-state index contributed by atoms with van der Waals surface area (Å²) in [6, 6.07) is 7.63. The number of anilines is 1. The first-order valence-electron chi connectivity index (χ1n) is 6.91. The number of hydrogen-bond donors (Lipinski definition) is 1. The number of aliphatic hydroxyl groups is 1. The molecule has 104 valence electrons. The van der Waals surface area contributed by atoms with Crippen molar-refractivity contribution in [1.29, 1.82) is 0 Å². The average molecular weight is 263 g/mol. The van der Waals surface area contributed by atoms with E-state index in [1.165, 1.54) is 6.42 Å². The van der Waals surface area contributed by atoms with Crippen molar-refractivity contribution in [1.82, 2.24) is 0 Å². The van der Waals surface area contributed by atoms with Gasteiger partial charge >= 0.3 is 5.97 Å². The maximum absolute atomic E-state index is 11.6. The summed E-state index contributed by atoms with van der Waals surface area (Å²) in [4.78, 5) is 13.8. The van der Waals surface area contributed by atoms with Crippen LogP contribution < -0.4 is 4.90 Å². The van der Waals surface area contributed by atoms with E-state index in [-0.39, 0.29) is 18.6 Å². The van der Waals surface area contributed by atoms with E-state index in [1.54, 1.807) is 19.1 Å². The van der Waals surface area contributed by atoms with Crippen LogP contribution in [0.1, 0.15) is 36.5 Å². The Morgan fingerprint density at radius 1 is 1.37 bits per heavy atom. The van der Waals surface area contributed by atoms with Crippen molar-refractivity contribution < 1.29 is 14.6 Å².